The Balaban J connectivity index is 1.93. The Morgan fingerprint density at radius 2 is 1.95 bits per heavy atom. The molecule has 5 heteroatoms. The predicted octanol–water partition coefficient (Wildman–Crippen LogP) is 2.11. The van der Waals surface area contributed by atoms with Crippen LogP contribution in [0.15, 0.2) is 11.5 Å². The maximum atomic E-state index is 8.76. The molecule has 0 saturated carbocycles. The zero-order valence-electron chi connectivity index (χ0n) is 12.4. The van der Waals surface area contributed by atoms with Crippen molar-refractivity contribution in [3.8, 4) is 0 Å². The topological polar surface area (TPSA) is 47.9 Å². The number of aliphatic hydroxyl groups excluding tert-OH is 1. The average molecular weight is 268 g/mol. The highest BCUT2D eigenvalue weighted by molar-refractivity contribution is 6.54. The number of ether oxygens (including phenoxy) is 1. The third kappa shape index (κ3) is 3.22. The highest BCUT2D eigenvalue weighted by Crippen LogP contribution is 2.40. The number of allylic oxidation sites excluding steroid dienone is 1. The van der Waals surface area contributed by atoms with Crippen LogP contribution in [-0.2, 0) is 14.0 Å². The molecule has 1 N–H and O–H groups in total. The molecule has 2 rings (SSSR count). The van der Waals surface area contributed by atoms with Crippen molar-refractivity contribution >= 4 is 7.12 Å². The van der Waals surface area contributed by atoms with E-state index < -0.39 is 0 Å². The molecule has 1 atom stereocenters. The molecule has 1 saturated heterocycles. The second kappa shape index (κ2) is 5.56. The first-order chi connectivity index (χ1) is 8.86. The van der Waals surface area contributed by atoms with Gasteiger partial charge in [0.2, 0.25) is 0 Å². The van der Waals surface area contributed by atoms with Crippen LogP contribution in [0.3, 0.4) is 0 Å². The summed E-state index contributed by atoms with van der Waals surface area (Å²) in [6.07, 6.45) is 5.17. The molecule has 0 aromatic rings. The third-order valence-corrected chi connectivity index (χ3v) is 4.40. The molecule has 0 radical (unpaired) electrons. The number of hydrogen-bond donors (Lipinski definition) is 1. The number of hydrogen-bond acceptors (Lipinski definition) is 4. The van der Waals surface area contributed by atoms with Crippen LogP contribution in [-0.4, -0.2) is 42.7 Å². The van der Waals surface area contributed by atoms with Crippen LogP contribution >= 0.6 is 0 Å². The summed E-state index contributed by atoms with van der Waals surface area (Å²) >= 11 is 0. The first-order valence-corrected chi connectivity index (χ1v) is 7.13. The Hall–Kier alpha value is -0.355. The van der Waals surface area contributed by atoms with Crippen molar-refractivity contribution in [2.45, 2.75) is 64.3 Å². The Labute approximate surface area is 116 Å². The molecule has 0 bridgehead atoms. The van der Waals surface area contributed by atoms with E-state index >= 15 is 0 Å². The van der Waals surface area contributed by atoms with E-state index in [4.69, 9.17) is 19.2 Å². The van der Waals surface area contributed by atoms with Gasteiger partial charge in [0, 0.05) is 0 Å². The normalized spacial score (nSPS) is 29.4. The van der Waals surface area contributed by atoms with E-state index in [1.54, 1.807) is 0 Å². The van der Waals surface area contributed by atoms with Gasteiger partial charge in [-0.2, -0.15) is 0 Å². The highest BCUT2D eigenvalue weighted by Gasteiger charge is 2.52. The standard InChI is InChI=1S/C14H25BO4/c1-13(2)14(3,4)19-15(18-13)11-5-7-12(8-6-11)17-10-9-16/h5,12,16H,6-10H2,1-4H3. The van der Waals surface area contributed by atoms with Gasteiger partial charge in [0.25, 0.3) is 0 Å². The maximum Gasteiger partial charge on any atom is 0.490 e. The molecule has 1 fully saturated rings. The van der Waals surface area contributed by atoms with Gasteiger partial charge in [-0.1, -0.05) is 6.08 Å². The molecule has 0 aromatic heterocycles. The first-order valence-electron chi connectivity index (χ1n) is 7.13. The molecule has 4 nitrogen and oxygen atoms in total. The molecule has 1 heterocycles. The molecule has 2 aliphatic rings. The van der Waals surface area contributed by atoms with Crippen LogP contribution in [0.5, 0.6) is 0 Å². The quantitative estimate of drug-likeness (QED) is 0.793. The Morgan fingerprint density at radius 3 is 2.42 bits per heavy atom. The lowest BCUT2D eigenvalue weighted by molar-refractivity contribution is 0.00578. The maximum absolute atomic E-state index is 8.76. The molecule has 0 amide bonds. The van der Waals surface area contributed by atoms with Crippen LogP contribution in [0, 0.1) is 0 Å². The Bertz CT molecular complexity index is 335. The largest absolute Gasteiger partial charge is 0.490 e. The molecular formula is C14H25BO4. The second-order valence-corrected chi connectivity index (χ2v) is 6.36. The van der Waals surface area contributed by atoms with Gasteiger partial charge in [0.1, 0.15) is 0 Å². The van der Waals surface area contributed by atoms with Crippen molar-refractivity contribution in [2.24, 2.45) is 0 Å². The minimum Gasteiger partial charge on any atom is -0.400 e. The van der Waals surface area contributed by atoms with Gasteiger partial charge in [-0.05, 0) is 52.4 Å². The van der Waals surface area contributed by atoms with E-state index in [1.807, 2.05) is 0 Å². The summed E-state index contributed by atoms with van der Waals surface area (Å²) in [6.45, 7) is 8.80. The van der Waals surface area contributed by atoms with Crippen molar-refractivity contribution in [1.29, 1.82) is 0 Å². The van der Waals surface area contributed by atoms with Crippen molar-refractivity contribution in [1.82, 2.24) is 0 Å². The average Bonchev–Trinajstić information content (AvgIpc) is 2.56. The summed E-state index contributed by atoms with van der Waals surface area (Å²) in [4.78, 5) is 0. The number of rotatable bonds is 4. The highest BCUT2D eigenvalue weighted by atomic mass is 16.7. The van der Waals surface area contributed by atoms with Gasteiger partial charge >= 0.3 is 7.12 Å². The van der Waals surface area contributed by atoms with Gasteiger partial charge in [-0.25, -0.2) is 0 Å². The minimum atomic E-state index is -0.275. The number of aliphatic hydroxyl groups is 1. The van der Waals surface area contributed by atoms with Crippen molar-refractivity contribution in [3.63, 3.8) is 0 Å². The van der Waals surface area contributed by atoms with Crippen molar-refractivity contribution in [2.75, 3.05) is 13.2 Å². The fourth-order valence-corrected chi connectivity index (χ4v) is 2.41. The van der Waals surface area contributed by atoms with Gasteiger partial charge in [-0.15, -0.1) is 0 Å². The molecule has 108 valence electrons. The monoisotopic (exact) mass is 268 g/mol. The van der Waals surface area contributed by atoms with Crippen LogP contribution in [0.2, 0.25) is 0 Å². The summed E-state index contributed by atoms with van der Waals surface area (Å²) in [5, 5.41) is 8.76. The SMILES string of the molecule is CC1(C)OB(C2=CCC(OCCO)CC2)OC1(C)C. The van der Waals surface area contributed by atoms with Crippen LogP contribution in [0.1, 0.15) is 47.0 Å². The van der Waals surface area contributed by atoms with Gasteiger partial charge in [-0.3, -0.25) is 0 Å². The summed E-state index contributed by atoms with van der Waals surface area (Å²) in [6, 6.07) is 0. The van der Waals surface area contributed by atoms with Crippen LogP contribution < -0.4 is 0 Å². The summed E-state index contributed by atoms with van der Waals surface area (Å²) in [7, 11) is -0.219. The van der Waals surface area contributed by atoms with E-state index in [-0.39, 0.29) is 31.0 Å². The smallest absolute Gasteiger partial charge is 0.400 e. The fourth-order valence-electron chi connectivity index (χ4n) is 2.41. The lowest BCUT2D eigenvalue weighted by atomic mass is 9.72. The molecule has 1 aliphatic carbocycles. The fraction of sp³-hybridized carbons (Fsp3) is 0.857. The van der Waals surface area contributed by atoms with E-state index in [0.29, 0.717) is 6.61 Å². The molecule has 1 unspecified atom stereocenters. The predicted molar refractivity (Wildman–Crippen MR) is 74.8 cm³/mol. The summed E-state index contributed by atoms with van der Waals surface area (Å²) < 4.78 is 17.6. The van der Waals surface area contributed by atoms with Crippen LogP contribution in [0.25, 0.3) is 0 Å². The minimum absolute atomic E-state index is 0.0876. The zero-order valence-corrected chi connectivity index (χ0v) is 12.4. The summed E-state index contributed by atoms with van der Waals surface area (Å²) in [5.41, 5.74) is 0.674. The van der Waals surface area contributed by atoms with Gasteiger partial charge < -0.3 is 19.2 Å². The Kier molecular flexibility index (Phi) is 4.40. The lowest BCUT2D eigenvalue weighted by Crippen LogP contribution is -2.41. The molecule has 1 aliphatic heterocycles. The van der Waals surface area contributed by atoms with E-state index in [1.165, 1.54) is 5.47 Å². The van der Waals surface area contributed by atoms with E-state index in [9.17, 15) is 0 Å². The van der Waals surface area contributed by atoms with Crippen molar-refractivity contribution < 1.29 is 19.2 Å². The van der Waals surface area contributed by atoms with E-state index in [2.05, 4.69) is 33.8 Å². The zero-order chi connectivity index (χ0) is 14.1. The second-order valence-electron chi connectivity index (χ2n) is 6.36. The molecule has 19 heavy (non-hydrogen) atoms. The molecular weight excluding hydrogens is 243 g/mol. The Morgan fingerprint density at radius 1 is 1.32 bits per heavy atom. The third-order valence-electron chi connectivity index (χ3n) is 4.40. The molecule has 0 spiro atoms. The van der Waals surface area contributed by atoms with Crippen LogP contribution in [0.4, 0.5) is 0 Å². The molecule has 0 aromatic carbocycles. The van der Waals surface area contributed by atoms with Crippen molar-refractivity contribution in [3.05, 3.63) is 11.5 Å². The van der Waals surface area contributed by atoms with Gasteiger partial charge in [0.05, 0.1) is 30.5 Å². The lowest BCUT2D eigenvalue weighted by Gasteiger charge is -2.32. The summed E-state index contributed by atoms with van der Waals surface area (Å²) in [5.74, 6) is 0. The van der Waals surface area contributed by atoms with E-state index in [0.717, 1.165) is 19.3 Å². The van der Waals surface area contributed by atoms with Gasteiger partial charge in [0.15, 0.2) is 0 Å². The first kappa shape index (κ1) is 15.0.